The first-order chi connectivity index (χ1) is 6.83. The summed E-state index contributed by atoms with van der Waals surface area (Å²) >= 11 is 6.11. The zero-order valence-corrected chi connectivity index (χ0v) is 9.27. The van der Waals surface area contributed by atoms with Crippen molar-refractivity contribution in [3.8, 4) is 0 Å². The van der Waals surface area contributed by atoms with Crippen molar-refractivity contribution in [2.75, 3.05) is 13.6 Å². The van der Waals surface area contributed by atoms with Gasteiger partial charge in [0.1, 0.15) is 5.82 Å². The van der Waals surface area contributed by atoms with Crippen LogP contribution < -0.4 is 5.32 Å². The van der Waals surface area contributed by atoms with E-state index in [9.17, 15) is 0 Å². The highest BCUT2D eigenvalue weighted by Gasteiger charge is 2.17. The van der Waals surface area contributed by atoms with Crippen molar-refractivity contribution in [1.82, 2.24) is 14.9 Å². The summed E-state index contributed by atoms with van der Waals surface area (Å²) in [6, 6.07) is 0. The number of fused-ring (bicyclic) bond motifs is 1. The molecule has 0 aliphatic carbocycles. The number of halogens is 1. The fraction of sp³-hybridized carbons (Fsp3) is 0.700. The lowest BCUT2D eigenvalue weighted by Gasteiger charge is -2.16. The summed E-state index contributed by atoms with van der Waals surface area (Å²) in [4.78, 5) is 4.40. The molecule has 0 saturated heterocycles. The van der Waals surface area contributed by atoms with Gasteiger partial charge in [0.2, 0.25) is 0 Å². The summed E-state index contributed by atoms with van der Waals surface area (Å²) in [6.07, 6.45) is 4.56. The Kier molecular flexibility index (Phi) is 3.08. The summed E-state index contributed by atoms with van der Waals surface area (Å²) in [6.45, 7) is 2.05. The topological polar surface area (TPSA) is 29.9 Å². The van der Waals surface area contributed by atoms with Crippen LogP contribution in [-0.4, -0.2) is 23.1 Å². The molecular formula is C10H16ClN3. The molecule has 0 radical (unpaired) electrons. The Morgan fingerprint density at radius 2 is 2.36 bits per heavy atom. The summed E-state index contributed by atoms with van der Waals surface area (Å²) in [5.74, 6) is 1.17. The van der Waals surface area contributed by atoms with Gasteiger partial charge in [-0.2, -0.15) is 0 Å². The minimum absolute atomic E-state index is 0.706. The molecule has 3 nitrogen and oxygen atoms in total. The number of aromatic nitrogens is 2. The van der Waals surface area contributed by atoms with Crippen LogP contribution in [0.15, 0.2) is 0 Å². The van der Waals surface area contributed by atoms with Crippen molar-refractivity contribution in [1.29, 1.82) is 0 Å². The van der Waals surface area contributed by atoms with Gasteiger partial charge in [-0.25, -0.2) is 4.98 Å². The monoisotopic (exact) mass is 213 g/mol. The van der Waals surface area contributed by atoms with Crippen LogP contribution in [0.4, 0.5) is 0 Å². The molecule has 0 bridgehead atoms. The van der Waals surface area contributed by atoms with E-state index in [2.05, 4.69) is 14.9 Å². The van der Waals surface area contributed by atoms with Crippen molar-refractivity contribution in [2.24, 2.45) is 0 Å². The molecule has 1 aliphatic heterocycles. The van der Waals surface area contributed by atoms with Gasteiger partial charge < -0.3 is 9.88 Å². The second-order valence-corrected chi connectivity index (χ2v) is 4.09. The highest BCUT2D eigenvalue weighted by Crippen LogP contribution is 2.23. The summed E-state index contributed by atoms with van der Waals surface area (Å²) < 4.78 is 2.29. The second-order valence-electron chi connectivity index (χ2n) is 3.73. The van der Waals surface area contributed by atoms with E-state index in [-0.39, 0.29) is 0 Å². The van der Waals surface area contributed by atoms with Crippen molar-refractivity contribution in [3.05, 3.63) is 16.7 Å². The van der Waals surface area contributed by atoms with E-state index in [0.29, 0.717) is 5.15 Å². The Labute approximate surface area is 89.5 Å². The number of hydrogen-bond acceptors (Lipinski definition) is 2. The van der Waals surface area contributed by atoms with Crippen molar-refractivity contribution < 1.29 is 0 Å². The van der Waals surface area contributed by atoms with Crippen molar-refractivity contribution in [3.63, 3.8) is 0 Å². The Morgan fingerprint density at radius 3 is 3.14 bits per heavy atom. The number of nitrogens with one attached hydrogen (secondary N) is 1. The number of imidazole rings is 1. The van der Waals surface area contributed by atoms with Gasteiger partial charge in [0.15, 0.2) is 5.15 Å². The molecule has 0 atom stereocenters. The first-order valence-electron chi connectivity index (χ1n) is 5.21. The molecule has 78 valence electrons. The number of rotatable bonds is 3. The first-order valence-corrected chi connectivity index (χ1v) is 5.59. The average molecular weight is 214 g/mol. The number of hydrogen-bond donors (Lipinski definition) is 1. The van der Waals surface area contributed by atoms with E-state index < -0.39 is 0 Å². The molecule has 14 heavy (non-hydrogen) atoms. The summed E-state index contributed by atoms with van der Waals surface area (Å²) in [7, 11) is 1.96. The molecule has 0 amide bonds. The minimum atomic E-state index is 0.706. The van der Waals surface area contributed by atoms with E-state index in [0.717, 1.165) is 25.9 Å². The number of nitrogens with zero attached hydrogens (tertiary/aromatic N) is 2. The Bertz CT molecular complexity index is 319. The Hall–Kier alpha value is -0.540. The lowest BCUT2D eigenvalue weighted by molar-refractivity contribution is 0.506. The molecule has 0 fully saturated rings. The van der Waals surface area contributed by atoms with E-state index in [1.54, 1.807) is 0 Å². The Morgan fingerprint density at radius 1 is 1.50 bits per heavy atom. The third-order valence-electron chi connectivity index (χ3n) is 2.75. The largest absolute Gasteiger partial charge is 0.331 e. The van der Waals surface area contributed by atoms with E-state index >= 15 is 0 Å². The lowest BCUT2D eigenvalue weighted by Crippen LogP contribution is -2.17. The maximum absolute atomic E-state index is 6.11. The maximum atomic E-state index is 6.11. The second kappa shape index (κ2) is 4.32. The van der Waals surface area contributed by atoms with Gasteiger partial charge in [0.25, 0.3) is 0 Å². The highest BCUT2D eigenvalue weighted by atomic mass is 35.5. The SMILES string of the molecule is CNCCc1c(Cl)nc2n1CCCC2. The third kappa shape index (κ3) is 1.79. The third-order valence-corrected chi connectivity index (χ3v) is 3.05. The van der Waals surface area contributed by atoms with Crippen LogP contribution >= 0.6 is 11.6 Å². The predicted octanol–water partition coefficient (Wildman–Crippen LogP) is 1.63. The van der Waals surface area contributed by atoms with Gasteiger partial charge >= 0.3 is 0 Å². The lowest BCUT2D eigenvalue weighted by atomic mass is 10.1. The minimum Gasteiger partial charge on any atom is -0.331 e. The summed E-state index contributed by atoms with van der Waals surface area (Å²) in [5.41, 5.74) is 1.20. The molecule has 2 rings (SSSR count). The molecule has 0 spiro atoms. The Balaban J connectivity index is 2.24. The molecule has 0 unspecified atom stereocenters. The van der Waals surface area contributed by atoms with Crippen LogP contribution in [0, 0.1) is 0 Å². The van der Waals surface area contributed by atoms with E-state index in [1.165, 1.54) is 24.4 Å². The van der Waals surface area contributed by atoms with E-state index in [1.807, 2.05) is 7.05 Å². The number of aryl methyl sites for hydroxylation is 1. The first kappa shape index (κ1) is 9.99. The van der Waals surface area contributed by atoms with Crippen LogP contribution in [-0.2, 0) is 19.4 Å². The standard InChI is InChI=1S/C10H16ClN3/c1-12-6-5-8-10(11)13-9-4-2-3-7-14(8)9/h12H,2-7H2,1H3. The fourth-order valence-electron chi connectivity index (χ4n) is 1.99. The normalized spacial score (nSPS) is 15.6. The van der Waals surface area contributed by atoms with Crippen LogP contribution in [0.25, 0.3) is 0 Å². The highest BCUT2D eigenvalue weighted by molar-refractivity contribution is 6.30. The van der Waals surface area contributed by atoms with Crippen molar-refractivity contribution >= 4 is 11.6 Å². The fourth-order valence-corrected chi connectivity index (χ4v) is 2.29. The molecule has 0 saturated carbocycles. The van der Waals surface area contributed by atoms with E-state index in [4.69, 9.17) is 11.6 Å². The average Bonchev–Trinajstić information content (AvgIpc) is 2.51. The zero-order valence-electron chi connectivity index (χ0n) is 8.52. The van der Waals surface area contributed by atoms with Crippen LogP contribution in [0.3, 0.4) is 0 Å². The molecule has 1 N–H and O–H groups in total. The summed E-state index contributed by atoms with van der Waals surface area (Å²) in [5, 5.41) is 3.85. The van der Waals surface area contributed by atoms with Gasteiger partial charge in [0, 0.05) is 25.9 Å². The maximum Gasteiger partial charge on any atom is 0.150 e. The smallest absolute Gasteiger partial charge is 0.150 e. The van der Waals surface area contributed by atoms with Crippen LogP contribution in [0.1, 0.15) is 24.4 Å². The number of likely N-dealkylation sites (N-methyl/N-ethyl adjacent to an activating group) is 1. The van der Waals surface area contributed by atoms with Gasteiger partial charge in [-0.3, -0.25) is 0 Å². The van der Waals surface area contributed by atoms with Crippen molar-refractivity contribution in [2.45, 2.75) is 32.2 Å². The molecule has 0 aromatic carbocycles. The molecule has 1 aromatic heterocycles. The molecular weight excluding hydrogens is 198 g/mol. The predicted molar refractivity (Wildman–Crippen MR) is 57.8 cm³/mol. The van der Waals surface area contributed by atoms with Gasteiger partial charge in [-0.1, -0.05) is 11.6 Å². The molecule has 1 aliphatic rings. The van der Waals surface area contributed by atoms with Gasteiger partial charge in [-0.15, -0.1) is 0 Å². The molecule has 2 heterocycles. The molecule has 4 heteroatoms. The van der Waals surface area contributed by atoms with Gasteiger partial charge in [0.05, 0.1) is 5.69 Å². The van der Waals surface area contributed by atoms with Crippen LogP contribution in [0.2, 0.25) is 5.15 Å². The molecule has 1 aromatic rings. The van der Waals surface area contributed by atoms with Crippen LogP contribution in [0.5, 0.6) is 0 Å². The zero-order chi connectivity index (χ0) is 9.97. The van der Waals surface area contributed by atoms with Gasteiger partial charge in [-0.05, 0) is 19.9 Å². The quantitative estimate of drug-likeness (QED) is 0.828.